The maximum atomic E-state index is 11.0. The number of rotatable bonds is 11. The van der Waals surface area contributed by atoms with Crippen molar-refractivity contribution in [2.75, 3.05) is 20.8 Å². The normalized spacial score (nSPS) is 12.5. The molecule has 7 heteroatoms. The highest BCUT2D eigenvalue weighted by molar-refractivity contribution is 5.76. The topological polar surface area (TPSA) is 94.5 Å². The third kappa shape index (κ3) is 5.57. The van der Waals surface area contributed by atoms with E-state index in [0.29, 0.717) is 47.0 Å². The summed E-state index contributed by atoms with van der Waals surface area (Å²) in [6.07, 6.45) is -1.45. The van der Waals surface area contributed by atoms with Gasteiger partial charge < -0.3 is 29.2 Å². The van der Waals surface area contributed by atoms with E-state index < -0.39 is 18.8 Å². The monoisotopic (exact) mass is 438 g/mol. The van der Waals surface area contributed by atoms with Crippen molar-refractivity contribution in [2.24, 2.45) is 0 Å². The molecule has 0 aliphatic rings. The molecule has 0 amide bonds. The summed E-state index contributed by atoms with van der Waals surface area (Å²) in [7, 11) is 2.96. The number of aliphatic hydroxyl groups excluding tert-OH is 2. The van der Waals surface area contributed by atoms with E-state index in [4.69, 9.17) is 18.9 Å². The number of carbonyl (C=O) groups is 1. The van der Waals surface area contributed by atoms with Crippen molar-refractivity contribution < 1.29 is 34.0 Å². The maximum absolute atomic E-state index is 11.0. The molecular formula is C25H26O7. The van der Waals surface area contributed by atoms with Gasteiger partial charge in [-0.3, -0.25) is 4.79 Å². The molecule has 0 bridgehead atoms. The number of methoxy groups -OCH3 is 2. The molecule has 3 aromatic rings. The first-order chi connectivity index (χ1) is 15.6. The third-order valence-corrected chi connectivity index (χ3v) is 4.90. The molecule has 0 radical (unpaired) electrons. The van der Waals surface area contributed by atoms with Crippen molar-refractivity contribution >= 4 is 6.29 Å². The van der Waals surface area contributed by atoms with Gasteiger partial charge in [0.05, 0.1) is 20.8 Å². The number of aldehydes is 1. The van der Waals surface area contributed by atoms with Crippen molar-refractivity contribution in [2.45, 2.75) is 18.8 Å². The van der Waals surface area contributed by atoms with Crippen molar-refractivity contribution in [3.05, 3.63) is 83.4 Å². The molecule has 2 N–H and O–H groups in total. The van der Waals surface area contributed by atoms with E-state index in [1.165, 1.54) is 20.3 Å². The van der Waals surface area contributed by atoms with Crippen LogP contribution in [-0.2, 0) is 6.61 Å². The van der Waals surface area contributed by atoms with E-state index in [-0.39, 0.29) is 0 Å². The third-order valence-electron chi connectivity index (χ3n) is 4.90. The minimum absolute atomic E-state index is 0.297. The minimum atomic E-state index is -1.16. The van der Waals surface area contributed by atoms with Gasteiger partial charge in [-0.25, -0.2) is 0 Å². The quantitative estimate of drug-likeness (QED) is 0.442. The molecule has 3 rings (SSSR count). The van der Waals surface area contributed by atoms with Gasteiger partial charge in [-0.2, -0.15) is 0 Å². The van der Waals surface area contributed by atoms with Crippen LogP contribution in [0, 0.1) is 0 Å². The minimum Gasteiger partial charge on any atom is -0.493 e. The zero-order valence-corrected chi connectivity index (χ0v) is 17.9. The summed E-state index contributed by atoms with van der Waals surface area (Å²) in [4.78, 5) is 11.0. The zero-order valence-electron chi connectivity index (χ0n) is 17.9. The second kappa shape index (κ2) is 11.2. The summed E-state index contributed by atoms with van der Waals surface area (Å²) in [5.41, 5.74) is 1.92. The van der Waals surface area contributed by atoms with E-state index in [9.17, 15) is 15.0 Å². The van der Waals surface area contributed by atoms with Gasteiger partial charge in [-0.15, -0.1) is 0 Å². The average Bonchev–Trinajstić information content (AvgIpc) is 2.86. The Bertz CT molecular complexity index is 1020. The molecule has 0 heterocycles. The van der Waals surface area contributed by atoms with Gasteiger partial charge >= 0.3 is 0 Å². The smallest absolute Gasteiger partial charge is 0.161 e. The number of benzene rings is 3. The van der Waals surface area contributed by atoms with Gasteiger partial charge in [0.15, 0.2) is 29.1 Å². The van der Waals surface area contributed by atoms with Gasteiger partial charge in [0.25, 0.3) is 0 Å². The van der Waals surface area contributed by atoms with Crippen LogP contribution in [-0.4, -0.2) is 43.4 Å². The average molecular weight is 438 g/mol. The lowest BCUT2D eigenvalue weighted by Gasteiger charge is -2.24. The van der Waals surface area contributed by atoms with E-state index in [1.54, 1.807) is 30.3 Å². The Kier molecular flexibility index (Phi) is 8.08. The number of aliphatic hydroxyl groups is 2. The molecule has 168 valence electrons. The van der Waals surface area contributed by atoms with E-state index in [0.717, 1.165) is 5.56 Å². The standard InChI is InChI=1S/C25H26O7/c1-29-22-12-18(14-26)8-10-21(22)32-24(15-27)25(28)19-9-11-20(23(13-19)30-2)31-16-17-6-4-3-5-7-17/h3-14,24-25,27-28H,15-16H2,1-2H3/t24-,25-/m0/s1. The van der Waals surface area contributed by atoms with Crippen LogP contribution in [0.15, 0.2) is 66.7 Å². The van der Waals surface area contributed by atoms with Gasteiger partial charge in [0.1, 0.15) is 19.0 Å². The van der Waals surface area contributed by atoms with Crippen molar-refractivity contribution in [1.82, 2.24) is 0 Å². The number of hydrogen-bond donors (Lipinski definition) is 2. The molecule has 0 fully saturated rings. The van der Waals surface area contributed by atoms with Crippen LogP contribution < -0.4 is 18.9 Å². The first-order valence-corrected chi connectivity index (χ1v) is 10.0. The number of carbonyl (C=O) groups excluding carboxylic acids is 1. The first kappa shape index (κ1) is 23.1. The first-order valence-electron chi connectivity index (χ1n) is 10.0. The van der Waals surface area contributed by atoms with Gasteiger partial charge in [-0.1, -0.05) is 36.4 Å². The molecule has 0 saturated heterocycles. The lowest BCUT2D eigenvalue weighted by atomic mass is 10.0. The Morgan fingerprint density at radius 1 is 0.875 bits per heavy atom. The van der Waals surface area contributed by atoms with Gasteiger partial charge in [-0.05, 0) is 41.5 Å². The van der Waals surface area contributed by atoms with Crippen LogP contribution >= 0.6 is 0 Å². The molecule has 0 unspecified atom stereocenters. The molecule has 0 saturated carbocycles. The summed E-state index contributed by atoms with van der Waals surface area (Å²) in [6.45, 7) is -0.0770. The molecule has 0 aliphatic carbocycles. The molecule has 0 spiro atoms. The maximum Gasteiger partial charge on any atom is 0.161 e. The lowest BCUT2D eigenvalue weighted by Crippen LogP contribution is -2.29. The van der Waals surface area contributed by atoms with Crippen LogP contribution in [0.2, 0.25) is 0 Å². The Labute approximate surface area is 186 Å². The zero-order chi connectivity index (χ0) is 22.9. The van der Waals surface area contributed by atoms with Crippen LogP contribution in [0.4, 0.5) is 0 Å². The number of hydrogen-bond acceptors (Lipinski definition) is 7. The van der Waals surface area contributed by atoms with E-state index in [2.05, 4.69) is 0 Å². The van der Waals surface area contributed by atoms with Crippen molar-refractivity contribution in [3.63, 3.8) is 0 Å². The lowest BCUT2D eigenvalue weighted by molar-refractivity contribution is -0.000533. The predicted octanol–water partition coefficient (Wildman–Crippen LogP) is 3.57. The fourth-order valence-corrected chi connectivity index (χ4v) is 3.16. The van der Waals surface area contributed by atoms with Crippen LogP contribution in [0.3, 0.4) is 0 Å². The second-order valence-corrected chi connectivity index (χ2v) is 7.00. The number of ether oxygens (including phenoxy) is 4. The molecule has 3 aromatic carbocycles. The van der Waals surface area contributed by atoms with Gasteiger partial charge in [0, 0.05) is 5.56 Å². The Morgan fingerprint density at radius 3 is 2.22 bits per heavy atom. The summed E-state index contributed by atoms with van der Waals surface area (Å²) in [5.74, 6) is 1.59. The summed E-state index contributed by atoms with van der Waals surface area (Å²) in [6, 6.07) is 19.4. The summed E-state index contributed by atoms with van der Waals surface area (Å²) in [5, 5.41) is 20.7. The SMILES string of the molecule is COc1cc([C@H](O)[C@H](CO)Oc2ccc(C=O)cc2OC)ccc1OCc1ccccc1. The van der Waals surface area contributed by atoms with E-state index in [1.807, 2.05) is 30.3 Å². The van der Waals surface area contributed by atoms with E-state index >= 15 is 0 Å². The van der Waals surface area contributed by atoms with Crippen LogP contribution in [0.1, 0.15) is 27.6 Å². The molecule has 0 aromatic heterocycles. The highest BCUT2D eigenvalue weighted by Gasteiger charge is 2.25. The highest BCUT2D eigenvalue weighted by atomic mass is 16.5. The fourth-order valence-electron chi connectivity index (χ4n) is 3.16. The highest BCUT2D eigenvalue weighted by Crippen LogP contribution is 2.34. The molecule has 0 aliphatic heterocycles. The summed E-state index contributed by atoms with van der Waals surface area (Å²) < 4.78 is 22.3. The molecule has 7 nitrogen and oxygen atoms in total. The molecular weight excluding hydrogens is 412 g/mol. The van der Waals surface area contributed by atoms with Crippen LogP contribution in [0.25, 0.3) is 0 Å². The predicted molar refractivity (Wildman–Crippen MR) is 119 cm³/mol. The van der Waals surface area contributed by atoms with Gasteiger partial charge in [0.2, 0.25) is 0 Å². The second-order valence-electron chi connectivity index (χ2n) is 7.00. The largest absolute Gasteiger partial charge is 0.493 e. The van der Waals surface area contributed by atoms with Crippen molar-refractivity contribution in [1.29, 1.82) is 0 Å². The Hall–Kier alpha value is -3.55. The molecule has 32 heavy (non-hydrogen) atoms. The van der Waals surface area contributed by atoms with Crippen molar-refractivity contribution in [3.8, 4) is 23.0 Å². The Morgan fingerprint density at radius 2 is 1.56 bits per heavy atom. The molecule has 2 atom stereocenters. The Balaban J connectivity index is 1.76. The van der Waals surface area contributed by atoms with Crippen LogP contribution in [0.5, 0.6) is 23.0 Å². The fraction of sp³-hybridized carbons (Fsp3) is 0.240. The summed E-state index contributed by atoms with van der Waals surface area (Å²) >= 11 is 0.